The predicted molar refractivity (Wildman–Crippen MR) is 86.1 cm³/mol. The van der Waals surface area contributed by atoms with Gasteiger partial charge in [0.15, 0.2) is 0 Å². The van der Waals surface area contributed by atoms with Crippen molar-refractivity contribution in [2.45, 2.75) is 39.3 Å². The van der Waals surface area contributed by atoms with Crippen LogP contribution in [0.15, 0.2) is 12.1 Å². The molecular formula is C17H29N3. The van der Waals surface area contributed by atoms with E-state index in [0.717, 1.165) is 13.1 Å². The number of likely N-dealkylation sites (N-methyl/N-ethyl adjacent to an activating group) is 1. The lowest BCUT2D eigenvalue weighted by Gasteiger charge is -2.25. The molecule has 0 amide bonds. The average molecular weight is 275 g/mol. The Morgan fingerprint density at radius 3 is 2.35 bits per heavy atom. The molecule has 2 unspecified atom stereocenters. The zero-order valence-electron chi connectivity index (χ0n) is 13.6. The molecule has 1 saturated heterocycles. The number of likely N-dealkylation sites (tertiary alicyclic amines) is 1. The van der Waals surface area contributed by atoms with E-state index in [1.807, 2.05) is 0 Å². The maximum absolute atomic E-state index is 6.49. The number of hydrogen-bond acceptors (Lipinski definition) is 3. The highest BCUT2D eigenvalue weighted by Crippen LogP contribution is 2.24. The fourth-order valence-electron chi connectivity index (χ4n) is 3.55. The Hall–Kier alpha value is -0.900. The highest BCUT2D eigenvalue weighted by atomic mass is 15.2. The second-order valence-corrected chi connectivity index (χ2v) is 6.58. The van der Waals surface area contributed by atoms with Gasteiger partial charge in [-0.2, -0.15) is 0 Å². The molecule has 1 heterocycles. The molecule has 0 saturated carbocycles. The minimum absolute atomic E-state index is 0.122. The molecule has 0 aliphatic carbocycles. The van der Waals surface area contributed by atoms with Crippen molar-refractivity contribution in [1.82, 2.24) is 9.80 Å². The molecule has 1 aromatic carbocycles. The van der Waals surface area contributed by atoms with Crippen LogP contribution < -0.4 is 5.73 Å². The molecule has 0 radical (unpaired) electrons. The lowest BCUT2D eigenvalue weighted by molar-refractivity contribution is 0.260. The molecule has 2 N–H and O–H groups in total. The lowest BCUT2D eigenvalue weighted by Crippen LogP contribution is -2.35. The van der Waals surface area contributed by atoms with Gasteiger partial charge in [-0.25, -0.2) is 0 Å². The van der Waals surface area contributed by atoms with Crippen LogP contribution in [0, 0.1) is 20.8 Å². The predicted octanol–water partition coefficient (Wildman–Crippen LogP) is 2.25. The summed E-state index contributed by atoms with van der Waals surface area (Å²) in [7, 11) is 4.34. The van der Waals surface area contributed by atoms with Crippen molar-refractivity contribution in [2.75, 3.05) is 33.7 Å². The Balaban J connectivity index is 2.04. The molecular weight excluding hydrogens is 246 g/mol. The first kappa shape index (κ1) is 15.5. The minimum atomic E-state index is 0.122. The van der Waals surface area contributed by atoms with E-state index in [9.17, 15) is 0 Å². The summed E-state index contributed by atoms with van der Waals surface area (Å²) in [6.45, 7) is 9.79. The van der Waals surface area contributed by atoms with Crippen molar-refractivity contribution in [2.24, 2.45) is 5.73 Å². The second-order valence-electron chi connectivity index (χ2n) is 6.58. The second kappa shape index (κ2) is 6.25. The van der Waals surface area contributed by atoms with E-state index in [0.29, 0.717) is 6.04 Å². The molecule has 3 nitrogen and oxygen atoms in total. The number of nitrogens with zero attached hydrogens (tertiary/aromatic N) is 2. The van der Waals surface area contributed by atoms with Crippen molar-refractivity contribution >= 4 is 0 Å². The van der Waals surface area contributed by atoms with E-state index in [1.54, 1.807) is 0 Å². The summed E-state index contributed by atoms with van der Waals surface area (Å²) in [5.74, 6) is 0. The van der Waals surface area contributed by atoms with Gasteiger partial charge >= 0.3 is 0 Å². The van der Waals surface area contributed by atoms with E-state index in [1.165, 1.54) is 35.2 Å². The van der Waals surface area contributed by atoms with Crippen LogP contribution in [0.5, 0.6) is 0 Å². The standard InChI is InChI=1S/C17H29N3/c1-12-8-13(2)17(14(3)9-12)16(18)11-20-7-6-15(10-20)19(4)5/h8-9,15-16H,6-7,10-11,18H2,1-5H3. The van der Waals surface area contributed by atoms with Gasteiger partial charge in [0.1, 0.15) is 0 Å². The van der Waals surface area contributed by atoms with Crippen LogP contribution in [-0.4, -0.2) is 49.6 Å². The maximum Gasteiger partial charge on any atom is 0.0429 e. The third-order valence-electron chi connectivity index (χ3n) is 4.54. The van der Waals surface area contributed by atoms with Gasteiger partial charge in [0.25, 0.3) is 0 Å². The summed E-state index contributed by atoms with van der Waals surface area (Å²) >= 11 is 0. The monoisotopic (exact) mass is 275 g/mol. The van der Waals surface area contributed by atoms with Crippen molar-refractivity contribution < 1.29 is 0 Å². The van der Waals surface area contributed by atoms with Crippen LogP contribution in [0.1, 0.15) is 34.7 Å². The number of rotatable bonds is 4. The van der Waals surface area contributed by atoms with E-state index in [4.69, 9.17) is 5.73 Å². The first-order valence-electron chi connectivity index (χ1n) is 7.60. The van der Waals surface area contributed by atoms with Crippen LogP contribution in [0.4, 0.5) is 0 Å². The van der Waals surface area contributed by atoms with Gasteiger partial charge in [0, 0.05) is 25.2 Å². The SMILES string of the molecule is Cc1cc(C)c(C(N)CN2CCC(N(C)C)C2)c(C)c1. The fraction of sp³-hybridized carbons (Fsp3) is 0.647. The molecule has 0 spiro atoms. The molecule has 2 rings (SSSR count). The smallest absolute Gasteiger partial charge is 0.0429 e. The van der Waals surface area contributed by atoms with E-state index < -0.39 is 0 Å². The van der Waals surface area contributed by atoms with Crippen molar-refractivity contribution in [3.05, 3.63) is 34.4 Å². The maximum atomic E-state index is 6.49. The summed E-state index contributed by atoms with van der Waals surface area (Å²) in [4.78, 5) is 4.84. The normalized spacial score (nSPS) is 21.6. The fourth-order valence-corrected chi connectivity index (χ4v) is 3.55. The molecule has 2 atom stereocenters. The first-order valence-corrected chi connectivity index (χ1v) is 7.60. The van der Waals surface area contributed by atoms with Gasteiger partial charge in [0.05, 0.1) is 0 Å². The molecule has 1 aromatic rings. The highest BCUT2D eigenvalue weighted by molar-refractivity contribution is 5.39. The zero-order chi connectivity index (χ0) is 14.9. The van der Waals surface area contributed by atoms with Gasteiger partial charge in [-0.3, -0.25) is 4.90 Å². The van der Waals surface area contributed by atoms with Crippen molar-refractivity contribution in [1.29, 1.82) is 0 Å². The number of nitrogens with two attached hydrogens (primary N) is 1. The largest absolute Gasteiger partial charge is 0.323 e. The molecule has 1 aliphatic rings. The topological polar surface area (TPSA) is 32.5 Å². The number of benzene rings is 1. The van der Waals surface area contributed by atoms with Crippen molar-refractivity contribution in [3.8, 4) is 0 Å². The minimum Gasteiger partial charge on any atom is -0.323 e. The summed E-state index contributed by atoms with van der Waals surface area (Å²) in [6, 6.07) is 5.29. The molecule has 3 heteroatoms. The summed E-state index contributed by atoms with van der Waals surface area (Å²) in [5, 5.41) is 0. The Labute approximate surface area is 123 Å². The van der Waals surface area contributed by atoms with Gasteiger partial charge < -0.3 is 10.6 Å². The Bertz CT molecular complexity index is 444. The first-order chi connectivity index (χ1) is 9.38. The average Bonchev–Trinajstić information content (AvgIpc) is 2.75. The van der Waals surface area contributed by atoms with E-state index >= 15 is 0 Å². The zero-order valence-corrected chi connectivity index (χ0v) is 13.6. The van der Waals surface area contributed by atoms with Crippen LogP contribution in [-0.2, 0) is 0 Å². The lowest BCUT2D eigenvalue weighted by atomic mass is 9.94. The molecule has 112 valence electrons. The quantitative estimate of drug-likeness (QED) is 0.915. The molecule has 1 fully saturated rings. The van der Waals surface area contributed by atoms with Gasteiger partial charge in [-0.05, 0) is 64.5 Å². The Morgan fingerprint density at radius 1 is 1.25 bits per heavy atom. The molecule has 20 heavy (non-hydrogen) atoms. The third-order valence-corrected chi connectivity index (χ3v) is 4.54. The summed E-state index contributed by atoms with van der Waals surface area (Å²) < 4.78 is 0. The van der Waals surface area contributed by atoms with Gasteiger partial charge in [-0.1, -0.05) is 17.7 Å². The van der Waals surface area contributed by atoms with Crippen LogP contribution in [0.25, 0.3) is 0 Å². The number of hydrogen-bond donors (Lipinski definition) is 1. The Morgan fingerprint density at radius 2 is 1.85 bits per heavy atom. The molecule has 1 aliphatic heterocycles. The van der Waals surface area contributed by atoms with Crippen molar-refractivity contribution in [3.63, 3.8) is 0 Å². The Kier molecular flexibility index (Phi) is 4.84. The van der Waals surface area contributed by atoms with Gasteiger partial charge in [-0.15, -0.1) is 0 Å². The highest BCUT2D eigenvalue weighted by Gasteiger charge is 2.26. The van der Waals surface area contributed by atoms with Crippen LogP contribution in [0.2, 0.25) is 0 Å². The number of aryl methyl sites for hydroxylation is 3. The van der Waals surface area contributed by atoms with Crippen LogP contribution in [0.3, 0.4) is 0 Å². The molecule has 0 aromatic heterocycles. The molecule has 0 bridgehead atoms. The summed E-state index contributed by atoms with van der Waals surface area (Å²) in [5.41, 5.74) is 11.8. The third kappa shape index (κ3) is 3.40. The van der Waals surface area contributed by atoms with Crippen LogP contribution >= 0.6 is 0 Å². The summed E-state index contributed by atoms with van der Waals surface area (Å²) in [6.07, 6.45) is 1.26. The van der Waals surface area contributed by atoms with Gasteiger partial charge in [0.2, 0.25) is 0 Å². The van der Waals surface area contributed by atoms with E-state index in [-0.39, 0.29) is 6.04 Å². The van der Waals surface area contributed by atoms with E-state index in [2.05, 4.69) is 56.8 Å².